The third-order valence-electron chi connectivity index (χ3n) is 3.31. The summed E-state index contributed by atoms with van der Waals surface area (Å²) >= 11 is 12.2. The second kappa shape index (κ2) is 6.49. The molecule has 18 heavy (non-hydrogen) atoms. The fourth-order valence-electron chi connectivity index (χ4n) is 2.30. The van der Waals surface area contributed by atoms with Gasteiger partial charge in [-0.25, -0.2) is 0 Å². The van der Waals surface area contributed by atoms with Gasteiger partial charge in [0.15, 0.2) is 0 Å². The Bertz CT molecular complexity index is 516. The molecule has 0 amide bonds. The van der Waals surface area contributed by atoms with Crippen LogP contribution in [0.1, 0.15) is 39.0 Å². The molecule has 1 heterocycles. The molecule has 0 saturated heterocycles. The summed E-state index contributed by atoms with van der Waals surface area (Å²) in [6, 6.07) is 5.87. The van der Waals surface area contributed by atoms with E-state index in [1.54, 1.807) is 6.07 Å². The van der Waals surface area contributed by atoms with Crippen molar-refractivity contribution >= 4 is 34.1 Å². The Morgan fingerprint density at radius 3 is 2.61 bits per heavy atom. The molecule has 1 aromatic carbocycles. The van der Waals surface area contributed by atoms with Gasteiger partial charge < -0.3 is 4.57 Å². The maximum atomic E-state index is 6.18. The average Bonchev–Trinajstić information content (AvgIpc) is 2.72. The van der Waals surface area contributed by atoms with Crippen LogP contribution in [-0.2, 0) is 6.54 Å². The monoisotopic (exact) mass is 283 g/mol. The van der Waals surface area contributed by atoms with Crippen molar-refractivity contribution in [3.63, 3.8) is 0 Å². The molecule has 98 valence electrons. The molecular weight excluding hydrogens is 265 g/mol. The molecule has 0 atom stereocenters. The SMILES string of the molecule is CCCCCCCn1ccc2c(Cl)cc(Cl)cc21. The van der Waals surface area contributed by atoms with Gasteiger partial charge in [0.25, 0.3) is 0 Å². The zero-order valence-corrected chi connectivity index (χ0v) is 12.3. The quantitative estimate of drug-likeness (QED) is 0.580. The van der Waals surface area contributed by atoms with Crippen LogP contribution in [0, 0.1) is 0 Å². The minimum atomic E-state index is 0.707. The molecule has 0 aliphatic rings. The Morgan fingerprint density at radius 1 is 1.06 bits per heavy atom. The van der Waals surface area contributed by atoms with Crippen molar-refractivity contribution in [1.29, 1.82) is 0 Å². The van der Waals surface area contributed by atoms with E-state index in [4.69, 9.17) is 23.2 Å². The van der Waals surface area contributed by atoms with Gasteiger partial charge in [0.1, 0.15) is 0 Å². The number of rotatable bonds is 6. The van der Waals surface area contributed by atoms with Crippen LogP contribution in [0.5, 0.6) is 0 Å². The van der Waals surface area contributed by atoms with E-state index >= 15 is 0 Å². The van der Waals surface area contributed by atoms with Crippen LogP contribution in [-0.4, -0.2) is 4.57 Å². The molecule has 0 N–H and O–H groups in total. The topological polar surface area (TPSA) is 4.93 Å². The number of fused-ring (bicyclic) bond motifs is 1. The highest BCUT2D eigenvalue weighted by Crippen LogP contribution is 2.28. The number of nitrogens with zero attached hydrogens (tertiary/aromatic N) is 1. The third-order valence-corrected chi connectivity index (χ3v) is 3.84. The first-order valence-corrected chi connectivity index (χ1v) is 7.42. The second-order valence-corrected chi connectivity index (χ2v) is 5.59. The van der Waals surface area contributed by atoms with Crippen molar-refractivity contribution in [3.05, 3.63) is 34.4 Å². The normalized spacial score (nSPS) is 11.3. The summed E-state index contributed by atoms with van der Waals surface area (Å²) in [7, 11) is 0. The Hall–Kier alpha value is -0.660. The molecule has 2 aromatic rings. The minimum Gasteiger partial charge on any atom is -0.347 e. The Morgan fingerprint density at radius 2 is 1.83 bits per heavy atom. The van der Waals surface area contributed by atoms with Crippen molar-refractivity contribution in [3.8, 4) is 0 Å². The summed E-state index contributed by atoms with van der Waals surface area (Å²) in [5, 5.41) is 2.54. The number of halogens is 2. The molecule has 0 unspecified atom stereocenters. The van der Waals surface area contributed by atoms with Crippen molar-refractivity contribution in [2.24, 2.45) is 0 Å². The van der Waals surface area contributed by atoms with Crippen LogP contribution in [0.2, 0.25) is 10.0 Å². The van der Waals surface area contributed by atoms with Crippen LogP contribution in [0.4, 0.5) is 0 Å². The van der Waals surface area contributed by atoms with Gasteiger partial charge >= 0.3 is 0 Å². The lowest BCUT2D eigenvalue weighted by atomic mass is 10.1. The molecular formula is C15H19Cl2N. The van der Waals surface area contributed by atoms with Gasteiger partial charge in [-0.05, 0) is 24.6 Å². The number of unbranched alkanes of at least 4 members (excludes halogenated alkanes) is 4. The zero-order chi connectivity index (χ0) is 13.0. The molecule has 1 nitrogen and oxygen atoms in total. The van der Waals surface area contributed by atoms with Crippen molar-refractivity contribution in [1.82, 2.24) is 4.57 Å². The number of benzene rings is 1. The lowest BCUT2D eigenvalue weighted by Crippen LogP contribution is -1.96. The van der Waals surface area contributed by atoms with E-state index < -0.39 is 0 Å². The van der Waals surface area contributed by atoms with E-state index in [0.717, 1.165) is 22.5 Å². The van der Waals surface area contributed by atoms with Crippen LogP contribution < -0.4 is 0 Å². The van der Waals surface area contributed by atoms with Gasteiger partial charge in [0.05, 0.1) is 10.5 Å². The molecule has 3 heteroatoms. The van der Waals surface area contributed by atoms with Gasteiger partial charge in [0.2, 0.25) is 0 Å². The van der Waals surface area contributed by atoms with Crippen molar-refractivity contribution in [2.75, 3.05) is 0 Å². The van der Waals surface area contributed by atoms with Crippen LogP contribution in [0.3, 0.4) is 0 Å². The average molecular weight is 284 g/mol. The molecule has 0 spiro atoms. The first kappa shape index (κ1) is 13.8. The molecule has 0 fully saturated rings. The Labute approximate surface area is 119 Å². The highest BCUT2D eigenvalue weighted by molar-refractivity contribution is 6.38. The first-order chi connectivity index (χ1) is 8.72. The van der Waals surface area contributed by atoms with Gasteiger partial charge in [-0.15, -0.1) is 0 Å². The standard InChI is InChI=1S/C15H19Cl2N/c1-2-3-4-5-6-8-18-9-7-13-14(17)10-12(16)11-15(13)18/h7,9-11H,2-6,8H2,1H3. The maximum Gasteiger partial charge on any atom is 0.0514 e. The van der Waals surface area contributed by atoms with E-state index in [1.165, 1.54) is 32.1 Å². The Balaban J connectivity index is 2.05. The predicted molar refractivity (Wildman–Crippen MR) is 80.7 cm³/mol. The number of hydrogen-bond acceptors (Lipinski definition) is 0. The Kier molecular flexibility index (Phi) is 4.96. The summed E-state index contributed by atoms with van der Waals surface area (Å²) in [6.07, 6.45) is 8.57. The molecule has 0 aliphatic carbocycles. The van der Waals surface area contributed by atoms with Gasteiger partial charge in [-0.2, -0.15) is 0 Å². The minimum absolute atomic E-state index is 0.707. The lowest BCUT2D eigenvalue weighted by Gasteiger charge is -2.06. The molecule has 0 saturated carbocycles. The zero-order valence-electron chi connectivity index (χ0n) is 10.8. The molecule has 0 radical (unpaired) electrons. The largest absolute Gasteiger partial charge is 0.347 e. The van der Waals surface area contributed by atoms with E-state index in [-0.39, 0.29) is 0 Å². The third kappa shape index (κ3) is 3.21. The molecule has 0 aliphatic heterocycles. The lowest BCUT2D eigenvalue weighted by molar-refractivity contribution is 0.577. The summed E-state index contributed by atoms with van der Waals surface area (Å²) in [4.78, 5) is 0. The maximum absolute atomic E-state index is 6.18. The fourth-order valence-corrected chi connectivity index (χ4v) is 2.84. The summed E-state index contributed by atoms with van der Waals surface area (Å²) in [5.41, 5.74) is 1.14. The highest BCUT2D eigenvalue weighted by atomic mass is 35.5. The molecule has 1 aromatic heterocycles. The molecule has 2 rings (SSSR count). The smallest absolute Gasteiger partial charge is 0.0514 e. The van der Waals surface area contributed by atoms with E-state index in [1.807, 2.05) is 6.07 Å². The number of aromatic nitrogens is 1. The summed E-state index contributed by atoms with van der Waals surface area (Å²) < 4.78 is 2.25. The predicted octanol–water partition coefficient (Wildman–Crippen LogP) is 5.92. The highest BCUT2D eigenvalue weighted by Gasteiger charge is 2.06. The van der Waals surface area contributed by atoms with E-state index in [0.29, 0.717) is 5.02 Å². The van der Waals surface area contributed by atoms with Crippen LogP contribution in [0.25, 0.3) is 10.9 Å². The second-order valence-electron chi connectivity index (χ2n) is 4.74. The van der Waals surface area contributed by atoms with E-state index in [2.05, 4.69) is 23.8 Å². The van der Waals surface area contributed by atoms with Gasteiger partial charge in [0, 0.05) is 23.2 Å². The fraction of sp³-hybridized carbons (Fsp3) is 0.467. The van der Waals surface area contributed by atoms with Crippen molar-refractivity contribution < 1.29 is 0 Å². The van der Waals surface area contributed by atoms with E-state index in [9.17, 15) is 0 Å². The van der Waals surface area contributed by atoms with Gasteiger partial charge in [-0.1, -0.05) is 55.8 Å². The number of aryl methyl sites for hydroxylation is 1. The molecule has 0 bridgehead atoms. The van der Waals surface area contributed by atoms with Crippen LogP contribution >= 0.6 is 23.2 Å². The van der Waals surface area contributed by atoms with Gasteiger partial charge in [-0.3, -0.25) is 0 Å². The summed E-state index contributed by atoms with van der Waals surface area (Å²) in [6.45, 7) is 3.29. The number of hydrogen-bond donors (Lipinski definition) is 0. The van der Waals surface area contributed by atoms with Crippen LogP contribution in [0.15, 0.2) is 24.4 Å². The first-order valence-electron chi connectivity index (χ1n) is 6.66. The summed E-state index contributed by atoms with van der Waals surface area (Å²) in [5.74, 6) is 0. The van der Waals surface area contributed by atoms with Crippen molar-refractivity contribution in [2.45, 2.75) is 45.6 Å².